The molecule has 0 amide bonds. The van der Waals surface area contributed by atoms with Crippen molar-refractivity contribution in [3.05, 3.63) is 35.4 Å². The van der Waals surface area contributed by atoms with Crippen molar-refractivity contribution in [2.75, 3.05) is 11.4 Å². The second-order valence-corrected chi connectivity index (χ2v) is 8.77. The molecule has 1 aromatic heterocycles. The molecular weight excluding hydrogens is 356 g/mol. The number of carbonyl (C=O) groups excluding carboxylic acids is 2. The number of pyridine rings is 1. The first-order chi connectivity index (χ1) is 13.3. The number of aromatic amines is 1. The van der Waals surface area contributed by atoms with E-state index >= 15 is 0 Å². The molecule has 3 aliphatic heterocycles. The summed E-state index contributed by atoms with van der Waals surface area (Å²) in [5.74, 6) is -1.12. The van der Waals surface area contributed by atoms with Gasteiger partial charge >= 0.3 is 11.9 Å². The van der Waals surface area contributed by atoms with Gasteiger partial charge in [0.05, 0.1) is 6.54 Å². The van der Waals surface area contributed by atoms with Gasteiger partial charge in [-0.1, -0.05) is 11.6 Å². The summed E-state index contributed by atoms with van der Waals surface area (Å²) in [5.41, 5.74) is 1.89. The van der Waals surface area contributed by atoms with Crippen LogP contribution in [0.25, 0.3) is 10.9 Å². The number of ether oxygens (including phenoxy) is 2. The van der Waals surface area contributed by atoms with E-state index in [1.165, 1.54) is 5.56 Å². The maximum absolute atomic E-state index is 13.2. The number of piperidine rings is 1. The first-order valence-electron chi connectivity index (χ1n) is 9.99. The van der Waals surface area contributed by atoms with Gasteiger partial charge in [-0.15, -0.1) is 0 Å². The van der Waals surface area contributed by atoms with Crippen molar-refractivity contribution in [2.45, 2.75) is 58.3 Å². The topological polar surface area (TPSA) is 70.0 Å². The highest BCUT2D eigenvalue weighted by molar-refractivity contribution is 6.04. The van der Waals surface area contributed by atoms with Crippen molar-refractivity contribution in [3.63, 3.8) is 0 Å². The molecule has 2 aromatic rings. The Labute approximate surface area is 163 Å². The molecule has 1 N–H and O–H groups in total. The predicted molar refractivity (Wildman–Crippen MR) is 103 cm³/mol. The number of nitrogens with zero attached hydrogens (tertiary/aromatic N) is 1. The minimum atomic E-state index is -1.30. The number of cyclic esters (lactones) is 2. The maximum Gasteiger partial charge on any atom is 0.331 e. The monoisotopic (exact) mass is 381 g/mol. The highest BCUT2D eigenvalue weighted by Gasteiger charge is 2.67. The molecule has 2 saturated heterocycles. The van der Waals surface area contributed by atoms with Crippen LogP contribution in [0.15, 0.2) is 24.3 Å². The third-order valence-corrected chi connectivity index (χ3v) is 6.33. The van der Waals surface area contributed by atoms with Crippen LogP contribution in [0.4, 0.5) is 5.82 Å². The van der Waals surface area contributed by atoms with E-state index in [4.69, 9.17) is 9.47 Å². The van der Waals surface area contributed by atoms with Gasteiger partial charge in [0.15, 0.2) is 0 Å². The SMILES string of the molecule is Cc1ccc2[nH+]c3c(cc2c1)CC1(C(=O)OC(C)(C)OC1=O)[C@H]1CCCCN31. The molecule has 6 heteroatoms. The quantitative estimate of drug-likeness (QED) is 0.518. The van der Waals surface area contributed by atoms with Crippen LogP contribution >= 0.6 is 0 Å². The van der Waals surface area contributed by atoms with Crippen LogP contribution < -0.4 is 9.88 Å². The standard InChI is InChI=1S/C22H24N2O4/c1-13-7-8-16-14(10-13)11-15-12-22(19(25)27-21(2,3)28-20(22)26)17-6-4-5-9-24(17)18(15)23-16/h7-8,10-11,17H,4-6,9,12H2,1-3H3/p+1/t17-/m1/s1. The lowest BCUT2D eigenvalue weighted by atomic mass is 9.68. The van der Waals surface area contributed by atoms with Crippen LogP contribution in [-0.4, -0.2) is 30.3 Å². The number of aryl methyl sites for hydroxylation is 1. The smallest absolute Gasteiger partial charge is 0.331 e. The molecule has 2 fully saturated rings. The van der Waals surface area contributed by atoms with Gasteiger partial charge in [-0.3, -0.25) is 14.5 Å². The number of aromatic nitrogens is 1. The van der Waals surface area contributed by atoms with Gasteiger partial charge in [0.25, 0.3) is 11.6 Å². The number of esters is 2. The van der Waals surface area contributed by atoms with Gasteiger partial charge < -0.3 is 9.47 Å². The van der Waals surface area contributed by atoms with Crippen molar-refractivity contribution in [1.82, 2.24) is 0 Å². The van der Waals surface area contributed by atoms with Crippen molar-refractivity contribution in [2.24, 2.45) is 5.41 Å². The molecule has 0 bridgehead atoms. The molecule has 1 spiro atoms. The molecule has 1 aromatic carbocycles. The zero-order chi connectivity index (χ0) is 19.7. The summed E-state index contributed by atoms with van der Waals surface area (Å²) >= 11 is 0. The molecule has 0 aliphatic carbocycles. The maximum atomic E-state index is 13.2. The van der Waals surface area contributed by atoms with E-state index in [9.17, 15) is 9.59 Å². The number of rotatable bonds is 0. The molecule has 0 unspecified atom stereocenters. The zero-order valence-corrected chi connectivity index (χ0v) is 16.5. The molecule has 1 atom stereocenters. The van der Waals surface area contributed by atoms with Crippen LogP contribution in [0.5, 0.6) is 0 Å². The Balaban J connectivity index is 1.70. The number of nitrogens with one attached hydrogen (secondary N) is 1. The number of fused-ring (bicyclic) bond motifs is 5. The largest absolute Gasteiger partial charge is 0.422 e. The van der Waals surface area contributed by atoms with Gasteiger partial charge in [0, 0.05) is 31.2 Å². The molecule has 0 radical (unpaired) electrons. The van der Waals surface area contributed by atoms with Crippen LogP contribution in [0, 0.1) is 12.3 Å². The van der Waals surface area contributed by atoms with Gasteiger partial charge in [-0.05, 0) is 44.4 Å². The fourth-order valence-corrected chi connectivity index (χ4v) is 5.05. The first-order valence-corrected chi connectivity index (χ1v) is 9.99. The van der Waals surface area contributed by atoms with Crippen molar-refractivity contribution < 1.29 is 24.0 Å². The Morgan fingerprint density at radius 1 is 1.11 bits per heavy atom. The van der Waals surface area contributed by atoms with E-state index in [-0.39, 0.29) is 6.04 Å². The van der Waals surface area contributed by atoms with Crippen LogP contribution in [0.1, 0.15) is 44.2 Å². The Morgan fingerprint density at radius 3 is 2.61 bits per heavy atom. The van der Waals surface area contributed by atoms with E-state index in [0.29, 0.717) is 6.42 Å². The van der Waals surface area contributed by atoms with Crippen molar-refractivity contribution in [1.29, 1.82) is 0 Å². The summed E-state index contributed by atoms with van der Waals surface area (Å²) in [5, 5.41) is 1.07. The summed E-state index contributed by atoms with van der Waals surface area (Å²) in [6, 6.07) is 8.13. The highest BCUT2D eigenvalue weighted by Crippen LogP contribution is 2.48. The Hall–Kier alpha value is -2.63. The number of anilines is 1. The summed E-state index contributed by atoms with van der Waals surface area (Å²) in [4.78, 5) is 32.2. The molecule has 4 heterocycles. The first kappa shape index (κ1) is 17.5. The second-order valence-electron chi connectivity index (χ2n) is 8.77. The predicted octanol–water partition coefficient (Wildman–Crippen LogP) is 2.70. The summed E-state index contributed by atoms with van der Waals surface area (Å²) in [6.45, 7) is 6.07. The van der Waals surface area contributed by atoms with Gasteiger partial charge in [-0.25, -0.2) is 4.98 Å². The van der Waals surface area contributed by atoms with E-state index in [0.717, 1.165) is 48.1 Å². The van der Waals surface area contributed by atoms with E-state index < -0.39 is 23.1 Å². The fourth-order valence-electron chi connectivity index (χ4n) is 5.05. The van der Waals surface area contributed by atoms with E-state index in [2.05, 4.69) is 41.1 Å². The van der Waals surface area contributed by atoms with Crippen LogP contribution in [-0.2, 0) is 25.5 Å². The minimum Gasteiger partial charge on any atom is -0.422 e. The third-order valence-electron chi connectivity index (χ3n) is 6.33. The molecule has 28 heavy (non-hydrogen) atoms. The Morgan fingerprint density at radius 2 is 1.86 bits per heavy atom. The number of hydrogen-bond donors (Lipinski definition) is 0. The number of carbonyl (C=O) groups is 2. The molecular formula is C22H25N2O4+. The Kier molecular flexibility index (Phi) is 3.55. The second kappa shape index (κ2) is 5.69. The highest BCUT2D eigenvalue weighted by atomic mass is 16.7. The number of hydrogen-bond acceptors (Lipinski definition) is 5. The van der Waals surface area contributed by atoms with Gasteiger partial charge in [0.2, 0.25) is 5.41 Å². The van der Waals surface area contributed by atoms with E-state index in [1.807, 2.05) is 0 Å². The lowest BCUT2D eigenvalue weighted by molar-refractivity contribution is -0.333. The normalized spacial score (nSPS) is 25.1. The van der Waals surface area contributed by atoms with Crippen molar-refractivity contribution >= 4 is 28.7 Å². The molecule has 6 nitrogen and oxygen atoms in total. The van der Waals surface area contributed by atoms with Crippen LogP contribution in [0.2, 0.25) is 0 Å². The number of H-pyrrole nitrogens is 1. The number of benzene rings is 1. The molecule has 146 valence electrons. The third kappa shape index (κ3) is 2.36. The molecule has 0 saturated carbocycles. The van der Waals surface area contributed by atoms with Crippen molar-refractivity contribution in [3.8, 4) is 0 Å². The lowest BCUT2D eigenvalue weighted by Gasteiger charge is -2.48. The molecule has 5 rings (SSSR count). The Bertz CT molecular complexity index is 993. The lowest BCUT2D eigenvalue weighted by Crippen LogP contribution is -2.67. The van der Waals surface area contributed by atoms with Gasteiger partial charge in [0.1, 0.15) is 11.6 Å². The van der Waals surface area contributed by atoms with Crippen LogP contribution in [0.3, 0.4) is 0 Å². The van der Waals surface area contributed by atoms with E-state index in [1.54, 1.807) is 13.8 Å². The minimum absolute atomic E-state index is 0.246. The average Bonchev–Trinajstić information content (AvgIpc) is 2.64. The summed E-state index contributed by atoms with van der Waals surface area (Å²) in [7, 11) is 0. The summed E-state index contributed by atoms with van der Waals surface area (Å²) in [6.07, 6.45) is 3.08. The molecule has 3 aliphatic rings. The van der Waals surface area contributed by atoms with Gasteiger partial charge in [-0.2, -0.15) is 0 Å². The average molecular weight is 381 g/mol. The fraction of sp³-hybridized carbons (Fsp3) is 0.500. The summed E-state index contributed by atoms with van der Waals surface area (Å²) < 4.78 is 11.2. The zero-order valence-electron chi connectivity index (χ0n) is 16.5.